The van der Waals surface area contributed by atoms with Crippen LogP contribution in [0.4, 0.5) is 4.39 Å². The van der Waals surface area contributed by atoms with Crippen molar-refractivity contribution in [1.29, 1.82) is 0 Å². The second kappa shape index (κ2) is 9.78. The highest BCUT2D eigenvalue weighted by atomic mass is 19.1. The molecule has 1 unspecified atom stereocenters. The molecule has 0 aliphatic rings. The molecule has 8 heteroatoms. The number of aryl methyl sites for hydroxylation is 2. The Balaban J connectivity index is 1.58. The van der Waals surface area contributed by atoms with Gasteiger partial charge in [-0.2, -0.15) is 5.10 Å². The minimum atomic E-state index is -1.13. The van der Waals surface area contributed by atoms with E-state index < -0.39 is 5.60 Å². The number of hydrogen-bond acceptors (Lipinski definition) is 4. The predicted molar refractivity (Wildman–Crippen MR) is 119 cm³/mol. The summed E-state index contributed by atoms with van der Waals surface area (Å²) in [4.78, 5) is 4.55. The van der Waals surface area contributed by atoms with Crippen LogP contribution in [0.3, 0.4) is 0 Å². The number of benzene rings is 1. The molecule has 0 spiro atoms. The van der Waals surface area contributed by atoms with Gasteiger partial charge in [-0.1, -0.05) is 0 Å². The lowest BCUT2D eigenvalue weighted by atomic mass is 9.96. The topological polar surface area (TPSA) is 87.6 Å². The first-order valence-corrected chi connectivity index (χ1v) is 10.4. The van der Waals surface area contributed by atoms with E-state index in [0.717, 1.165) is 22.7 Å². The third kappa shape index (κ3) is 5.95. The number of aliphatic hydroxyl groups is 1. The molecule has 0 aliphatic carbocycles. The van der Waals surface area contributed by atoms with Crippen molar-refractivity contribution >= 4 is 5.96 Å². The first kappa shape index (κ1) is 22.6. The first-order valence-electron chi connectivity index (χ1n) is 10.4. The number of rotatable bonds is 8. The van der Waals surface area contributed by atoms with Crippen LogP contribution >= 0.6 is 0 Å². The van der Waals surface area contributed by atoms with Crippen LogP contribution in [-0.4, -0.2) is 40.5 Å². The van der Waals surface area contributed by atoms with Gasteiger partial charge in [0.05, 0.1) is 17.9 Å². The fourth-order valence-electron chi connectivity index (χ4n) is 3.37. The molecule has 31 heavy (non-hydrogen) atoms. The maximum Gasteiger partial charge on any atom is 0.191 e. The van der Waals surface area contributed by atoms with E-state index in [1.807, 2.05) is 39.1 Å². The van der Waals surface area contributed by atoms with Crippen LogP contribution in [0.5, 0.6) is 0 Å². The number of hydrogen-bond donors (Lipinski definition) is 3. The molecular formula is C23H30FN5O2. The zero-order valence-electron chi connectivity index (χ0n) is 18.4. The summed E-state index contributed by atoms with van der Waals surface area (Å²) < 4.78 is 20.4. The number of nitrogens with one attached hydrogen (secondary N) is 2. The minimum Gasteiger partial charge on any atom is -0.466 e. The van der Waals surface area contributed by atoms with Gasteiger partial charge < -0.3 is 20.2 Å². The van der Waals surface area contributed by atoms with Crippen LogP contribution < -0.4 is 10.6 Å². The molecule has 0 amide bonds. The quantitative estimate of drug-likeness (QED) is 0.380. The van der Waals surface area contributed by atoms with Crippen LogP contribution in [0.25, 0.3) is 5.69 Å². The van der Waals surface area contributed by atoms with Crippen LogP contribution in [-0.2, 0) is 12.0 Å². The normalized spacial score (nSPS) is 13.8. The zero-order valence-corrected chi connectivity index (χ0v) is 18.4. The molecule has 166 valence electrons. The second-order valence-corrected chi connectivity index (χ2v) is 7.70. The number of nitrogens with zero attached hydrogens (tertiary/aromatic N) is 3. The standard InChI is InChI=1S/C23H30FN5O2/c1-5-25-22(27-15-23(4,30)21-14-16(2)31-17(21)3)26-12-10-19-11-13-29(28-19)20-8-6-18(24)7-9-20/h6-9,11,13-14,30H,5,10,12,15H2,1-4H3,(H2,25,26,27). The Hall–Kier alpha value is -3.13. The van der Waals surface area contributed by atoms with E-state index >= 15 is 0 Å². The molecule has 2 heterocycles. The van der Waals surface area contributed by atoms with Crippen LogP contribution in [0.2, 0.25) is 0 Å². The van der Waals surface area contributed by atoms with Crippen molar-refractivity contribution in [1.82, 2.24) is 20.4 Å². The molecule has 0 radical (unpaired) electrons. The average Bonchev–Trinajstić information content (AvgIpc) is 3.33. The molecule has 0 bridgehead atoms. The Morgan fingerprint density at radius 1 is 1.23 bits per heavy atom. The van der Waals surface area contributed by atoms with Gasteiger partial charge in [-0.25, -0.2) is 14.1 Å². The summed E-state index contributed by atoms with van der Waals surface area (Å²) in [6, 6.07) is 9.99. The Labute approximate surface area is 182 Å². The third-order valence-electron chi connectivity index (χ3n) is 4.92. The molecule has 0 aliphatic heterocycles. The lowest BCUT2D eigenvalue weighted by molar-refractivity contribution is 0.0657. The third-order valence-corrected chi connectivity index (χ3v) is 4.92. The number of furan rings is 1. The molecule has 3 N–H and O–H groups in total. The van der Waals surface area contributed by atoms with E-state index in [0.29, 0.717) is 31.2 Å². The second-order valence-electron chi connectivity index (χ2n) is 7.70. The molecule has 0 fully saturated rings. The Morgan fingerprint density at radius 3 is 2.61 bits per heavy atom. The van der Waals surface area contributed by atoms with Crippen LogP contribution in [0.15, 0.2) is 52.0 Å². The van der Waals surface area contributed by atoms with Gasteiger partial charge in [0, 0.05) is 31.3 Å². The molecular weight excluding hydrogens is 397 g/mol. The van der Waals surface area contributed by atoms with Crippen molar-refractivity contribution in [2.45, 2.75) is 39.7 Å². The van der Waals surface area contributed by atoms with Crippen molar-refractivity contribution < 1.29 is 13.9 Å². The lowest BCUT2D eigenvalue weighted by Gasteiger charge is -2.21. The number of halogens is 1. The Kier molecular flexibility index (Phi) is 7.12. The van der Waals surface area contributed by atoms with E-state index in [4.69, 9.17) is 4.42 Å². The fourth-order valence-corrected chi connectivity index (χ4v) is 3.37. The van der Waals surface area contributed by atoms with Crippen molar-refractivity contribution in [3.8, 4) is 5.69 Å². The summed E-state index contributed by atoms with van der Waals surface area (Å²) in [5, 5.41) is 21.9. The van der Waals surface area contributed by atoms with Gasteiger partial charge in [0.1, 0.15) is 22.9 Å². The predicted octanol–water partition coefficient (Wildman–Crippen LogP) is 3.23. The summed E-state index contributed by atoms with van der Waals surface area (Å²) in [6.45, 7) is 8.95. The van der Waals surface area contributed by atoms with Gasteiger partial charge in [0.25, 0.3) is 0 Å². The first-order chi connectivity index (χ1) is 14.8. The summed E-state index contributed by atoms with van der Waals surface area (Å²) in [5.74, 6) is 1.82. The fraction of sp³-hybridized carbons (Fsp3) is 0.391. The van der Waals surface area contributed by atoms with Gasteiger partial charge >= 0.3 is 0 Å². The minimum absolute atomic E-state index is 0.196. The van der Waals surface area contributed by atoms with Gasteiger partial charge in [-0.15, -0.1) is 0 Å². The maximum atomic E-state index is 13.1. The molecule has 1 atom stereocenters. The molecule has 7 nitrogen and oxygen atoms in total. The molecule has 2 aromatic heterocycles. The zero-order chi connectivity index (χ0) is 22.4. The van der Waals surface area contributed by atoms with E-state index in [9.17, 15) is 9.50 Å². The molecule has 0 saturated heterocycles. The molecule has 0 saturated carbocycles. The SMILES string of the molecule is CCNC(=NCC(C)(O)c1cc(C)oc1C)NCCc1ccn(-c2ccc(F)cc2)n1. The highest BCUT2D eigenvalue weighted by molar-refractivity contribution is 5.79. The summed E-state index contributed by atoms with van der Waals surface area (Å²) in [7, 11) is 0. The van der Waals surface area contributed by atoms with Gasteiger partial charge in [0.2, 0.25) is 0 Å². The number of aromatic nitrogens is 2. The maximum absolute atomic E-state index is 13.1. The summed E-state index contributed by atoms with van der Waals surface area (Å²) in [5.41, 5.74) is 1.33. The average molecular weight is 428 g/mol. The number of aliphatic imine (C=N–C) groups is 1. The van der Waals surface area contributed by atoms with E-state index in [-0.39, 0.29) is 12.4 Å². The number of guanidine groups is 1. The van der Waals surface area contributed by atoms with Gasteiger partial charge in [-0.05, 0) is 64.1 Å². The largest absolute Gasteiger partial charge is 0.466 e. The van der Waals surface area contributed by atoms with Crippen molar-refractivity contribution in [3.63, 3.8) is 0 Å². The smallest absolute Gasteiger partial charge is 0.191 e. The van der Waals surface area contributed by atoms with Crippen LogP contribution in [0.1, 0.15) is 36.6 Å². The van der Waals surface area contributed by atoms with E-state index in [2.05, 4.69) is 20.7 Å². The van der Waals surface area contributed by atoms with Crippen molar-refractivity contribution in [2.75, 3.05) is 19.6 Å². The highest BCUT2D eigenvalue weighted by Gasteiger charge is 2.27. The Bertz CT molecular complexity index is 1020. The Morgan fingerprint density at radius 2 is 1.97 bits per heavy atom. The highest BCUT2D eigenvalue weighted by Crippen LogP contribution is 2.27. The van der Waals surface area contributed by atoms with Gasteiger partial charge in [-0.3, -0.25) is 0 Å². The van der Waals surface area contributed by atoms with E-state index in [1.54, 1.807) is 23.7 Å². The monoisotopic (exact) mass is 427 g/mol. The molecule has 1 aromatic carbocycles. The lowest BCUT2D eigenvalue weighted by Crippen LogP contribution is -2.39. The summed E-state index contributed by atoms with van der Waals surface area (Å²) >= 11 is 0. The van der Waals surface area contributed by atoms with Gasteiger partial charge in [0.15, 0.2) is 5.96 Å². The van der Waals surface area contributed by atoms with Crippen molar-refractivity contribution in [3.05, 3.63) is 71.2 Å². The summed E-state index contributed by atoms with van der Waals surface area (Å²) in [6.07, 6.45) is 2.54. The van der Waals surface area contributed by atoms with Crippen molar-refractivity contribution in [2.24, 2.45) is 4.99 Å². The molecule has 3 aromatic rings. The van der Waals surface area contributed by atoms with Crippen LogP contribution in [0, 0.1) is 19.7 Å². The molecule has 3 rings (SSSR count). The van der Waals surface area contributed by atoms with E-state index in [1.165, 1.54) is 12.1 Å².